The third kappa shape index (κ3) is 3.27. The first-order valence-electron chi connectivity index (χ1n) is 8.03. The Balaban J connectivity index is 1.62. The van der Waals surface area contributed by atoms with E-state index in [2.05, 4.69) is 16.0 Å². The van der Waals surface area contributed by atoms with E-state index in [0.29, 0.717) is 44.8 Å². The molecule has 1 aromatic carbocycles. The van der Waals surface area contributed by atoms with Crippen LogP contribution in [-0.2, 0) is 0 Å². The van der Waals surface area contributed by atoms with Gasteiger partial charge in [0, 0.05) is 50.5 Å². The topological polar surface area (TPSA) is 93.8 Å². The van der Waals surface area contributed by atoms with E-state index in [-0.39, 0.29) is 18.0 Å². The van der Waals surface area contributed by atoms with Crippen molar-refractivity contribution in [3.05, 3.63) is 29.3 Å². The summed E-state index contributed by atoms with van der Waals surface area (Å²) in [5, 5.41) is 8.29. The number of carbonyl (C=O) groups is 3. The molecule has 2 heterocycles. The second-order valence-corrected chi connectivity index (χ2v) is 5.86. The zero-order valence-electron chi connectivity index (χ0n) is 13.6. The van der Waals surface area contributed by atoms with E-state index in [1.165, 1.54) is 0 Å². The van der Waals surface area contributed by atoms with Crippen molar-refractivity contribution in [2.24, 2.45) is 0 Å². The number of urea groups is 2. The van der Waals surface area contributed by atoms with Crippen molar-refractivity contribution in [2.75, 3.05) is 44.2 Å². The van der Waals surface area contributed by atoms with Gasteiger partial charge in [0.05, 0.1) is 0 Å². The molecule has 2 aliphatic heterocycles. The molecule has 8 heteroatoms. The maximum absolute atomic E-state index is 12.3. The van der Waals surface area contributed by atoms with Gasteiger partial charge in [-0.25, -0.2) is 9.59 Å². The zero-order chi connectivity index (χ0) is 17.1. The van der Waals surface area contributed by atoms with Gasteiger partial charge in [-0.05, 0) is 24.6 Å². The molecule has 3 rings (SSSR count). The largest absolute Gasteiger partial charge is 0.350 e. The third-order valence-corrected chi connectivity index (χ3v) is 4.23. The number of rotatable bonds is 5. The van der Waals surface area contributed by atoms with E-state index in [9.17, 15) is 14.4 Å². The molecule has 2 aliphatic rings. The number of benzene rings is 1. The Morgan fingerprint density at radius 2 is 1.92 bits per heavy atom. The molecule has 0 spiro atoms. The second kappa shape index (κ2) is 6.77. The first kappa shape index (κ1) is 16.1. The van der Waals surface area contributed by atoms with Crippen molar-refractivity contribution in [3.8, 4) is 0 Å². The molecule has 2 saturated heterocycles. The Morgan fingerprint density at radius 3 is 2.58 bits per heavy atom. The number of nitrogens with zero attached hydrogens (tertiary/aromatic N) is 2. The molecule has 0 unspecified atom stereocenters. The van der Waals surface area contributed by atoms with E-state index in [1.54, 1.807) is 21.9 Å². The van der Waals surface area contributed by atoms with Gasteiger partial charge in [-0.2, -0.15) is 0 Å². The number of carbonyl (C=O) groups excluding carboxylic acids is 3. The SMILES string of the molecule is Cc1ccc(C(=O)NCCN2CCNC2=O)cc1N1CCNC1=O. The van der Waals surface area contributed by atoms with Crippen LogP contribution in [-0.4, -0.2) is 62.1 Å². The van der Waals surface area contributed by atoms with E-state index in [1.807, 2.05) is 13.0 Å². The normalized spacial score (nSPS) is 17.0. The minimum atomic E-state index is -0.213. The fourth-order valence-corrected chi connectivity index (χ4v) is 2.87. The van der Waals surface area contributed by atoms with Crippen LogP contribution in [0.4, 0.5) is 15.3 Å². The van der Waals surface area contributed by atoms with Crippen molar-refractivity contribution in [1.82, 2.24) is 20.9 Å². The van der Waals surface area contributed by atoms with Gasteiger partial charge in [-0.3, -0.25) is 9.69 Å². The summed E-state index contributed by atoms with van der Waals surface area (Å²) in [6, 6.07) is 5.07. The highest BCUT2D eigenvalue weighted by Crippen LogP contribution is 2.23. The van der Waals surface area contributed by atoms with E-state index >= 15 is 0 Å². The first-order chi connectivity index (χ1) is 11.6. The molecule has 8 nitrogen and oxygen atoms in total. The maximum Gasteiger partial charge on any atom is 0.322 e. The lowest BCUT2D eigenvalue weighted by Gasteiger charge is -2.18. The van der Waals surface area contributed by atoms with Gasteiger partial charge in [0.2, 0.25) is 0 Å². The molecule has 5 amide bonds. The molecule has 0 atom stereocenters. The van der Waals surface area contributed by atoms with Crippen LogP contribution in [0.15, 0.2) is 18.2 Å². The molecule has 1 aromatic rings. The standard InChI is InChI=1S/C16H21N5O3/c1-11-2-3-12(10-13(11)21-9-6-19-16(21)24)14(22)17-4-7-20-8-5-18-15(20)23/h2-3,10H,4-9H2,1H3,(H,17,22)(H,18,23)(H,19,24). The Kier molecular flexibility index (Phi) is 4.54. The first-order valence-corrected chi connectivity index (χ1v) is 8.03. The number of nitrogens with one attached hydrogen (secondary N) is 3. The van der Waals surface area contributed by atoms with Crippen LogP contribution in [0.2, 0.25) is 0 Å². The summed E-state index contributed by atoms with van der Waals surface area (Å²) in [7, 11) is 0. The lowest BCUT2D eigenvalue weighted by molar-refractivity contribution is 0.0950. The van der Waals surface area contributed by atoms with Gasteiger partial charge in [-0.15, -0.1) is 0 Å². The fraction of sp³-hybridized carbons (Fsp3) is 0.438. The lowest BCUT2D eigenvalue weighted by Crippen LogP contribution is -2.36. The van der Waals surface area contributed by atoms with Crippen LogP contribution in [0.5, 0.6) is 0 Å². The number of aryl methyl sites for hydroxylation is 1. The summed E-state index contributed by atoms with van der Waals surface area (Å²) in [5.74, 6) is -0.213. The van der Waals surface area contributed by atoms with Crippen molar-refractivity contribution in [3.63, 3.8) is 0 Å². The Bertz CT molecular complexity index is 676. The minimum Gasteiger partial charge on any atom is -0.350 e. The molecule has 2 fully saturated rings. The molecule has 0 radical (unpaired) electrons. The summed E-state index contributed by atoms with van der Waals surface area (Å²) in [5.41, 5.74) is 2.19. The summed E-state index contributed by atoms with van der Waals surface area (Å²) in [4.78, 5) is 38.9. The van der Waals surface area contributed by atoms with Gasteiger partial charge < -0.3 is 20.9 Å². The molecule has 24 heavy (non-hydrogen) atoms. The third-order valence-electron chi connectivity index (χ3n) is 4.23. The molecular formula is C16H21N5O3. The Morgan fingerprint density at radius 1 is 1.17 bits per heavy atom. The highest BCUT2D eigenvalue weighted by Gasteiger charge is 2.23. The van der Waals surface area contributed by atoms with Crippen LogP contribution in [0.25, 0.3) is 0 Å². The molecule has 3 N–H and O–H groups in total. The average Bonchev–Trinajstić information content (AvgIpc) is 3.16. The number of amides is 5. The van der Waals surface area contributed by atoms with Crippen LogP contribution in [0.3, 0.4) is 0 Å². The average molecular weight is 331 g/mol. The van der Waals surface area contributed by atoms with Crippen molar-refractivity contribution in [1.29, 1.82) is 0 Å². The molecular weight excluding hydrogens is 310 g/mol. The summed E-state index contributed by atoms with van der Waals surface area (Å²) >= 11 is 0. The Labute approximate surface area is 140 Å². The quantitative estimate of drug-likeness (QED) is 0.723. The highest BCUT2D eigenvalue weighted by molar-refractivity contribution is 5.99. The fourth-order valence-electron chi connectivity index (χ4n) is 2.87. The van der Waals surface area contributed by atoms with Gasteiger partial charge in [0.15, 0.2) is 0 Å². The number of hydrogen-bond acceptors (Lipinski definition) is 3. The summed E-state index contributed by atoms with van der Waals surface area (Å²) in [6.45, 7) is 5.28. The highest BCUT2D eigenvalue weighted by atomic mass is 16.2. The molecule has 0 bridgehead atoms. The number of hydrogen-bond donors (Lipinski definition) is 3. The van der Waals surface area contributed by atoms with E-state index in [0.717, 1.165) is 11.3 Å². The summed E-state index contributed by atoms with van der Waals surface area (Å²) in [6.07, 6.45) is 0. The van der Waals surface area contributed by atoms with Crippen LogP contribution in [0.1, 0.15) is 15.9 Å². The van der Waals surface area contributed by atoms with Crippen LogP contribution >= 0.6 is 0 Å². The molecule has 0 aliphatic carbocycles. The smallest absolute Gasteiger partial charge is 0.322 e. The van der Waals surface area contributed by atoms with Crippen LogP contribution < -0.4 is 20.9 Å². The van der Waals surface area contributed by atoms with Crippen molar-refractivity contribution >= 4 is 23.7 Å². The monoisotopic (exact) mass is 331 g/mol. The second-order valence-electron chi connectivity index (χ2n) is 5.86. The summed E-state index contributed by atoms with van der Waals surface area (Å²) < 4.78 is 0. The number of anilines is 1. The van der Waals surface area contributed by atoms with Gasteiger partial charge in [0.1, 0.15) is 0 Å². The Hall–Kier alpha value is -2.77. The van der Waals surface area contributed by atoms with Crippen molar-refractivity contribution in [2.45, 2.75) is 6.92 Å². The van der Waals surface area contributed by atoms with E-state index in [4.69, 9.17) is 0 Å². The van der Waals surface area contributed by atoms with Crippen molar-refractivity contribution < 1.29 is 14.4 Å². The maximum atomic E-state index is 12.3. The molecule has 0 saturated carbocycles. The molecule has 128 valence electrons. The predicted octanol–water partition coefficient (Wildman–Crippen LogP) is 0.280. The zero-order valence-corrected chi connectivity index (χ0v) is 13.6. The van der Waals surface area contributed by atoms with E-state index < -0.39 is 0 Å². The van der Waals surface area contributed by atoms with Gasteiger partial charge >= 0.3 is 12.1 Å². The minimum absolute atomic E-state index is 0.0954. The lowest BCUT2D eigenvalue weighted by atomic mass is 10.1. The van der Waals surface area contributed by atoms with Crippen LogP contribution in [0, 0.1) is 6.92 Å². The van der Waals surface area contributed by atoms with Gasteiger partial charge in [-0.1, -0.05) is 6.07 Å². The predicted molar refractivity (Wildman–Crippen MR) is 89.2 cm³/mol. The van der Waals surface area contributed by atoms with Gasteiger partial charge in [0.25, 0.3) is 5.91 Å². The molecule has 0 aromatic heterocycles.